The van der Waals surface area contributed by atoms with Crippen LogP contribution >= 0.6 is 0 Å². The van der Waals surface area contributed by atoms with Crippen molar-refractivity contribution in [1.82, 2.24) is 5.32 Å². The Kier molecular flexibility index (Phi) is 4.88. The van der Waals surface area contributed by atoms with Crippen LogP contribution in [0.4, 0.5) is 19.3 Å². The number of nitrogens with zero attached hydrogens (tertiary/aromatic N) is 1. The number of nitrogens with one attached hydrogen (secondary N) is 1. The molecule has 2 aliphatic rings. The predicted molar refractivity (Wildman–Crippen MR) is 90.0 cm³/mol. The molecule has 2 amide bonds. The van der Waals surface area contributed by atoms with Crippen molar-refractivity contribution in [1.29, 1.82) is 0 Å². The Balaban J connectivity index is 1.74. The van der Waals surface area contributed by atoms with Gasteiger partial charge < -0.3 is 14.8 Å². The fraction of sp³-hybridized carbons (Fsp3) is 0.556. The fourth-order valence-corrected chi connectivity index (χ4v) is 3.57. The summed E-state index contributed by atoms with van der Waals surface area (Å²) in [6, 6.07) is 2.31. The number of amides is 2. The minimum atomic E-state index is -0.692. The molecule has 1 atom stereocenters. The van der Waals surface area contributed by atoms with Crippen LogP contribution in [0.1, 0.15) is 38.2 Å². The van der Waals surface area contributed by atoms with E-state index in [0.717, 1.165) is 12.1 Å². The average Bonchev–Trinajstić information content (AvgIpc) is 2.91. The highest BCUT2D eigenvalue weighted by atomic mass is 19.1. The maximum absolute atomic E-state index is 14.6. The van der Waals surface area contributed by atoms with Crippen molar-refractivity contribution >= 4 is 17.7 Å². The van der Waals surface area contributed by atoms with Crippen molar-refractivity contribution in [2.24, 2.45) is 0 Å². The maximum atomic E-state index is 14.6. The highest BCUT2D eigenvalue weighted by Crippen LogP contribution is 2.48. The molecule has 26 heavy (non-hydrogen) atoms. The molecule has 0 unspecified atom stereocenters. The Morgan fingerprint density at radius 3 is 2.54 bits per heavy atom. The molecule has 0 spiro atoms. The minimum Gasteiger partial charge on any atom is -0.442 e. The van der Waals surface area contributed by atoms with Crippen LogP contribution in [-0.4, -0.2) is 43.9 Å². The Morgan fingerprint density at radius 1 is 1.38 bits per heavy atom. The van der Waals surface area contributed by atoms with Crippen LogP contribution in [0.15, 0.2) is 12.1 Å². The third-order valence-electron chi connectivity index (χ3n) is 5.09. The summed E-state index contributed by atoms with van der Waals surface area (Å²) in [4.78, 5) is 24.1. The van der Waals surface area contributed by atoms with Gasteiger partial charge >= 0.3 is 6.09 Å². The quantitative estimate of drug-likeness (QED) is 0.868. The number of ether oxygens (including phenoxy) is 2. The summed E-state index contributed by atoms with van der Waals surface area (Å²) < 4.78 is 39.6. The van der Waals surface area contributed by atoms with Gasteiger partial charge in [0, 0.05) is 19.6 Å². The van der Waals surface area contributed by atoms with E-state index in [1.54, 1.807) is 7.11 Å². The molecule has 0 radical (unpaired) electrons. The molecule has 0 bridgehead atoms. The lowest BCUT2D eigenvalue weighted by Crippen LogP contribution is -2.42. The number of cyclic esters (lactones) is 1. The lowest BCUT2D eigenvalue weighted by molar-refractivity contribution is -0.119. The Morgan fingerprint density at radius 2 is 2.00 bits per heavy atom. The first-order valence-electron chi connectivity index (χ1n) is 8.49. The van der Waals surface area contributed by atoms with Gasteiger partial charge in [0.15, 0.2) is 0 Å². The van der Waals surface area contributed by atoms with Crippen LogP contribution in [0.2, 0.25) is 0 Å². The van der Waals surface area contributed by atoms with Crippen molar-refractivity contribution in [3.8, 4) is 0 Å². The van der Waals surface area contributed by atoms with Gasteiger partial charge in [-0.05, 0) is 37.8 Å². The molecule has 2 fully saturated rings. The monoisotopic (exact) mass is 368 g/mol. The molecule has 1 heterocycles. The third-order valence-corrected chi connectivity index (χ3v) is 5.09. The van der Waals surface area contributed by atoms with Crippen LogP contribution in [0.3, 0.4) is 0 Å². The number of carbonyl (C=O) groups is 2. The molecule has 6 nitrogen and oxygen atoms in total. The summed E-state index contributed by atoms with van der Waals surface area (Å²) in [6.45, 7) is 3.52. The summed E-state index contributed by atoms with van der Waals surface area (Å²) in [5.74, 6) is -1.85. The van der Waals surface area contributed by atoms with E-state index in [1.807, 2.05) is 6.92 Å². The van der Waals surface area contributed by atoms with Crippen LogP contribution in [-0.2, 0) is 14.3 Å². The fourth-order valence-electron chi connectivity index (χ4n) is 3.57. The standard InChI is InChI=1S/C18H22F2N2O4/c1-10(23)21-8-13-9-22(17(24)26-13)12-4-14(19)16(15(20)5-12)11-6-18(2,7-11)25-3/h4-5,11,13H,6-9H2,1-3H3,(H,21,23)/t11?,13-,18?/m0/s1. The largest absolute Gasteiger partial charge is 0.442 e. The predicted octanol–water partition coefficient (Wildman–Crippen LogP) is 2.71. The second kappa shape index (κ2) is 6.83. The van der Waals surface area contributed by atoms with Crippen LogP contribution in [0.25, 0.3) is 0 Å². The van der Waals surface area contributed by atoms with Crippen LogP contribution in [0.5, 0.6) is 0 Å². The molecule has 0 aromatic heterocycles. The van der Waals surface area contributed by atoms with Crippen LogP contribution in [0, 0.1) is 11.6 Å². The Hall–Kier alpha value is -2.22. The molecular formula is C18H22F2N2O4. The number of carbonyl (C=O) groups excluding carboxylic acids is 2. The summed E-state index contributed by atoms with van der Waals surface area (Å²) in [7, 11) is 1.59. The van der Waals surface area contributed by atoms with Gasteiger partial charge in [-0.25, -0.2) is 13.6 Å². The molecule has 1 saturated heterocycles. The summed E-state index contributed by atoms with van der Waals surface area (Å²) in [6.07, 6.45) is -0.170. The Bertz CT molecular complexity index is 711. The molecule has 3 rings (SSSR count). The second-order valence-corrected chi connectivity index (χ2v) is 7.14. The smallest absolute Gasteiger partial charge is 0.414 e. The number of halogens is 2. The van der Waals surface area contributed by atoms with E-state index in [-0.39, 0.29) is 41.8 Å². The maximum Gasteiger partial charge on any atom is 0.414 e. The Labute approximate surface area is 150 Å². The highest BCUT2D eigenvalue weighted by molar-refractivity contribution is 5.89. The van der Waals surface area contributed by atoms with Crippen molar-refractivity contribution in [2.45, 2.75) is 44.3 Å². The molecular weight excluding hydrogens is 346 g/mol. The van der Waals surface area contributed by atoms with E-state index in [4.69, 9.17) is 9.47 Å². The zero-order valence-corrected chi connectivity index (χ0v) is 15.0. The SMILES string of the molecule is COC1(C)CC(c2c(F)cc(N3C[C@H](CNC(C)=O)OC3=O)cc2F)C1. The number of methoxy groups -OCH3 is 1. The lowest BCUT2D eigenvalue weighted by Gasteiger charge is -2.44. The van der Waals surface area contributed by atoms with E-state index in [1.165, 1.54) is 11.8 Å². The normalized spacial score (nSPS) is 27.9. The minimum absolute atomic E-state index is 0.0330. The number of benzene rings is 1. The van der Waals surface area contributed by atoms with E-state index >= 15 is 0 Å². The van der Waals surface area contributed by atoms with E-state index in [0.29, 0.717) is 12.8 Å². The lowest BCUT2D eigenvalue weighted by atomic mass is 9.68. The van der Waals surface area contributed by atoms with Gasteiger partial charge in [0.1, 0.15) is 17.7 Å². The van der Waals surface area contributed by atoms with E-state index in [9.17, 15) is 18.4 Å². The molecule has 8 heteroatoms. The van der Waals surface area contributed by atoms with Gasteiger partial charge in [0.2, 0.25) is 5.91 Å². The first-order valence-corrected chi connectivity index (χ1v) is 8.49. The summed E-state index contributed by atoms with van der Waals surface area (Å²) >= 11 is 0. The van der Waals surface area contributed by atoms with Crippen LogP contribution < -0.4 is 10.2 Å². The first kappa shape index (κ1) is 18.6. The van der Waals surface area contributed by atoms with E-state index in [2.05, 4.69) is 5.32 Å². The zero-order valence-electron chi connectivity index (χ0n) is 15.0. The number of anilines is 1. The van der Waals surface area contributed by atoms with Gasteiger partial charge in [0.25, 0.3) is 0 Å². The third kappa shape index (κ3) is 3.51. The van der Waals surface area contributed by atoms with Crippen molar-refractivity contribution < 1.29 is 27.8 Å². The number of hydrogen-bond acceptors (Lipinski definition) is 4. The van der Waals surface area contributed by atoms with Gasteiger partial charge in [-0.2, -0.15) is 0 Å². The molecule has 1 saturated carbocycles. The average molecular weight is 368 g/mol. The summed E-state index contributed by atoms with van der Waals surface area (Å²) in [5.41, 5.74) is -0.212. The molecule has 1 aliphatic carbocycles. The molecule has 1 aromatic rings. The topological polar surface area (TPSA) is 67.9 Å². The van der Waals surface area contributed by atoms with Gasteiger partial charge in [-0.1, -0.05) is 0 Å². The van der Waals surface area contributed by atoms with Crippen molar-refractivity contribution in [2.75, 3.05) is 25.1 Å². The first-order chi connectivity index (χ1) is 12.2. The van der Waals surface area contributed by atoms with Gasteiger partial charge in [-0.15, -0.1) is 0 Å². The molecule has 1 N–H and O–H groups in total. The number of rotatable bonds is 5. The van der Waals surface area contributed by atoms with Gasteiger partial charge in [-0.3, -0.25) is 9.69 Å². The second-order valence-electron chi connectivity index (χ2n) is 7.14. The van der Waals surface area contributed by atoms with E-state index < -0.39 is 23.8 Å². The molecule has 142 valence electrons. The molecule has 1 aromatic carbocycles. The molecule has 1 aliphatic heterocycles. The van der Waals surface area contributed by atoms with Crippen molar-refractivity contribution in [3.63, 3.8) is 0 Å². The number of hydrogen-bond donors (Lipinski definition) is 1. The highest BCUT2D eigenvalue weighted by Gasteiger charge is 2.43. The van der Waals surface area contributed by atoms with Gasteiger partial charge in [0.05, 0.1) is 24.4 Å². The summed E-state index contributed by atoms with van der Waals surface area (Å²) in [5, 5.41) is 2.55. The zero-order chi connectivity index (χ0) is 19.1. The van der Waals surface area contributed by atoms with Crippen molar-refractivity contribution in [3.05, 3.63) is 29.3 Å².